The average molecular weight is 308 g/mol. The number of alkyl halides is 3. The summed E-state index contributed by atoms with van der Waals surface area (Å²) in [6.07, 6.45) is -5.90. The maximum atomic E-state index is 12.1. The van der Waals surface area contributed by atoms with Gasteiger partial charge in [-0.05, 0) is 18.4 Å². The Bertz CT molecular complexity index is 765. The molecule has 0 aliphatic carbocycles. The van der Waals surface area contributed by atoms with E-state index in [0.29, 0.717) is 0 Å². The number of hydrogen-bond donors (Lipinski definition) is 1. The van der Waals surface area contributed by atoms with Gasteiger partial charge in [0.05, 0.1) is 0 Å². The van der Waals surface area contributed by atoms with E-state index in [2.05, 4.69) is 14.3 Å². The van der Waals surface area contributed by atoms with Gasteiger partial charge in [0, 0.05) is 17.0 Å². The van der Waals surface area contributed by atoms with Gasteiger partial charge in [0.25, 0.3) is 5.56 Å². The lowest BCUT2D eigenvalue weighted by molar-refractivity contribution is -0.135. The number of hydrogen-bond acceptors (Lipinski definition) is 5. The van der Waals surface area contributed by atoms with E-state index in [1.54, 1.807) is 0 Å². The van der Waals surface area contributed by atoms with Gasteiger partial charge in [-0.1, -0.05) is 0 Å². The minimum atomic E-state index is -4.34. The summed E-state index contributed by atoms with van der Waals surface area (Å²) >= 11 is 0. The smallest absolute Gasteiger partial charge is 0.389 e. The number of aryl methyl sites for hydroxylation is 1. The SMILES string of the molecule is O=c1cc(CCCC(F)(F)F)c2c(=O)[nH]c(OF)nc2o1. The molecule has 0 bridgehead atoms. The molecule has 0 atom stereocenters. The number of halogens is 4. The fourth-order valence-electron chi connectivity index (χ4n) is 1.84. The van der Waals surface area contributed by atoms with Crippen molar-refractivity contribution in [3.8, 4) is 6.01 Å². The lowest BCUT2D eigenvalue weighted by Crippen LogP contribution is -2.15. The Morgan fingerprint density at radius 3 is 2.67 bits per heavy atom. The topological polar surface area (TPSA) is 85.2 Å². The molecule has 10 heteroatoms. The van der Waals surface area contributed by atoms with E-state index in [1.165, 1.54) is 0 Å². The molecule has 0 fully saturated rings. The minimum Gasteiger partial charge on any atom is -0.403 e. The largest absolute Gasteiger partial charge is 0.403 e. The average Bonchev–Trinajstić information content (AvgIpc) is 2.35. The van der Waals surface area contributed by atoms with Crippen LogP contribution in [0.25, 0.3) is 11.1 Å². The Morgan fingerprint density at radius 1 is 1.33 bits per heavy atom. The lowest BCUT2D eigenvalue weighted by Gasteiger charge is -2.07. The summed E-state index contributed by atoms with van der Waals surface area (Å²) in [5, 5.41) is -0.211. The van der Waals surface area contributed by atoms with E-state index in [0.717, 1.165) is 6.07 Å². The molecule has 0 unspecified atom stereocenters. The Morgan fingerprint density at radius 2 is 2.05 bits per heavy atom. The van der Waals surface area contributed by atoms with Crippen molar-refractivity contribution in [3.05, 3.63) is 32.4 Å². The van der Waals surface area contributed by atoms with E-state index < -0.39 is 35.5 Å². The van der Waals surface area contributed by atoms with Gasteiger partial charge in [0.1, 0.15) is 5.39 Å². The molecule has 2 aromatic rings. The third-order valence-electron chi connectivity index (χ3n) is 2.65. The van der Waals surface area contributed by atoms with Gasteiger partial charge in [-0.15, -0.1) is 0 Å². The van der Waals surface area contributed by atoms with Crippen LogP contribution in [0.15, 0.2) is 20.1 Å². The molecule has 0 aliphatic heterocycles. The summed E-state index contributed by atoms with van der Waals surface area (Å²) in [5.41, 5.74) is -2.24. The van der Waals surface area contributed by atoms with Gasteiger partial charge in [-0.3, -0.25) is 14.7 Å². The van der Waals surface area contributed by atoms with Crippen LogP contribution in [0.3, 0.4) is 0 Å². The molecule has 0 aliphatic rings. The molecule has 21 heavy (non-hydrogen) atoms. The quantitative estimate of drug-likeness (QED) is 0.873. The predicted molar refractivity (Wildman–Crippen MR) is 61.6 cm³/mol. The Hall–Kier alpha value is -2.39. The summed E-state index contributed by atoms with van der Waals surface area (Å²) < 4.78 is 52.9. The van der Waals surface area contributed by atoms with E-state index in [1.807, 2.05) is 4.98 Å². The van der Waals surface area contributed by atoms with Crippen molar-refractivity contribution in [2.45, 2.75) is 25.4 Å². The van der Waals surface area contributed by atoms with Crippen LogP contribution in [0.2, 0.25) is 0 Å². The number of fused-ring (bicyclic) bond motifs is 1. The molecule has 1 N–H and O–H groups in total. The van der Waals surface area contributed by atoms with Gasteiger partial charge >= 0.3 is 17.8 Å². The number of H-pyrrole nitrogens is 1. The van der Waals surface area contributed by atoms with Crippen LogP contribution >= 0.6 is 0 Å². The van der Waals surface area contributed by atoms with E-state index >= 15 is 0 Å². The van der Waals surface area contributed by atoms with Gasteiger partial charge in [0.15, 0.2) is 0 Å². The van der Waals surface area contributed by atoms with Crippen molar-refractivity contribution < 1.29 is 27.1 Å². The van der Waals surface area contributed by atoms with Gasteiger partial charge in [-0.25, -0.2) is 4.79 Å². The number of nitrogens with zero attached hydrogens (tertiary/aromatic N) is 1. The van der Waals surface area contributed by atoms with E-state index in [9.17, 15) is 27.3 Å². The van der Waals surface area contributed by atoms with Crippen LogP contribution in [-0.4, -0.2) is 16.1 Å². The molecule has 2 heterocycles. The Balaban J connectivity index is 2.44. The van der Waals surface area contributed by atoms with Crippen molar-refractivity contribution >= 4 is 11.1 Å². The molecule has 2 aromatic heterocycles. The van der Waals surface area contributed by atoms with Crippen molar-refractivity contribution in [1.82, 2.24) is 9.97 Å². The minimum absolute atomic E-state index is 0.0460. The summed E-state index contributed by atoms with van der Waals surface area (Å²) in [7, 11) is 0. The van der Waals surface area contributed by atoms with Gasteiger partial charge < -0.3 is 4.42 Å². The van der Waals surface area contributed by atoms with Crippen LogP contribution in [0.5, 0.6) is 6.01 Å². The van der Waals surface area contributed by atoms with Crippen LogP contribution in [0.4, 0.5) is 17.7 Å². The first-order valence-electron chi connectivity index (χ1n) is 5.72. The third kappa shape index (κ3) is 3.58. The molecule has 0 saturated heterocycles. The first-order valence-corrected chi connectivity index (χ1v) is 5.72. The number of nitrogens with one attached hydrogen (secondary N) is 1. The first-order chi connectivity index (χ1) is 9.80. The Kier molecular flexibility index (Phi) is 3.96. The van der Waals surface area contributed by atoms with Gasteiger partial charge in [0.2, 0.25) is 5.71 Å². The molecular formula is C11H8F4N2O4. The highest BCUT2D eigenvalue weighted by molar-refractivity contribution is 5.75. The van der Waals surface area contributed by atoms with Crippen molar-refractivity contribution in [2.75, 3.05) is 0 Å². The molecule has 0 aromatic carbocycles. The monoisotopic (exact) mass is 308 g/mol. The highest BCUT2D eigenvalue weighted by atomic mass is 19.4. The molecule has 2 rings (SSSR count). The standard InChI is InChI=1S/C11H8F4N2O4/c12-11(13,14)3-1-2-5-4-6(18)20-9-7(5)8(19)16-10(17-9)21-15/h4H,1-3H2,(H,16,17,19). The highest BCUT2D eigenvalue weighted by Crippen LogP contribution is 2.23. The lowest BCUT2D eigenvalue weighted by atomic mass is 10.1. The number of aromatic amines is 1. The molecule has 0 radical (unpaired) electrons. The zero-order valence-electron chi connectivity index (χ0n) is 10.3. The Labute approximate surface area is 113 Å². The second-order valence-electron chi connectivity index (χ2n) is 4.19. The maximum Gasteiger partial charge on any atom is 0.389 e. The van der Waals surface area contributed by atoms with Gasteiger partial charge in [-0.2, -0.15) is 18.2 Å². The number of rotatable bonds is 4. The second kappa shape index (κ2) is 5.54. The zero-order valence-corrected chi connectivity index (χ0v) is 10.3. The van der Waals surface area contributed by atoms with E-state index in [-0.39, 0.29) is 23.8 Å². The van der Waals surface area contributed by atoms with Crippen molar-refractivity contribution in [2.24, 2.45) is 0 Å². The summed E-state index contributed by atoms with van der Waals surface area (Å²) in [6.45, 7) is 0. The normalized spacial score (nSPS) is 11.8. The second-order valence-corrected chi connectivity index (χ2v) is 4.19. The fraction of sp³-hybridized carbons (Fsp3) is 0.364. The van der Waals surface area contributed by atoms with E-state index in [4.69, 9.17) is 0 Å². The fourth-order valence-corrected chi connectivity index (χ4v) is 1.84. The third-order valence-corrected chi connectivity index (χ3v) is 2.65. The maximum absolute atomic E-state index is 12.1. The number of aromatic nitrogens is 2. The van der Waals surface area contributed by atoms with Crippen LogP contribution in [-0.2, 0) is 6.42 Å². The molecule has 0 amide bonds. The molecular weight excluding hydrogens is 300 g/mol. The molecule has 114 valence electrons. The van der Waals surface area contributed by atoms with Crippen LogP contribution in [0, 0.1) is 0 Å². The summed E-state index contributed by atoms with van der Waals surface area (Å²) in [5.74, 6) is 0. The predicted octanol–water partition coefficient (Wildman–Crippen LogP) is 2.02. The van der Waals surface area contributed by atoms with Crippen LogP contribution < -0.4 is 16.1 Å². The molecule has 0 saturated carbocycles. The highest BCUT2D eigenvalue weighted by Gasteiger charge is 2.26. The first kappa shape index (κ1) is 15.0. The molecule has 0 spiro atoms. The zero-order chi connectivity index (χ0) is 15.6. The van der Waals surface area contributed by atoms with Crippen molar-refractivity contribution in [3.63, 3.8) is 0 Å². The summed E-state index contributed by atoms with van der Waals surface area (Å²) in [4.78, 5) is 31.6. The van der Waals surface area contributed by atoms with Crippen molar-refractivity contribution in [1.29, 1.82) is 0 Å². The molecule has 6 nitrogen and oxygen atoms in total. The summed E-state index contributed by atoms with van der Waals surface area (Å²) in [6, 6.07) is 0.0918. The van der Waals surface area contributed by atoms with Crippen LogP contribution in [0.1, 0.15) is 18.4 Å².